The van der Waals surface area contributed by atoms with Gasteiger partial charge < -0.3 is 18.8 Å². The lowest BCUT2D eigenvalue weighted by Crippen LogP contribution is -2.67. The van der Waals surface area contributed by atoms with Crippen molar-refractivity contribution >= 4 is 5.91 Å². The van der Waals surface area contributed by atoms with E-state index in [2.05, 4.69) is 4.98 Å². The molecule has 132 valence electrons. The molecular formula is C19H22N2O4. The van der Waals surface area contributed by atoms with Gasteiger partial charge in [-0.2, -0.15) is 0 Å². The molecule has 0 N–H and O–H groups in total. The molecule has 2 aromatic rings. The Morgan fingerprint density at radius 2 is 2.32 bits per heavy atom. The van der Waals surface area contributed by atoms with E-state index in [4.69, 9.17) is 13.9 Å². The van der Waals surface area contributed by atoms with Gasteiger partial charge in [-0.1, -0.05) is 6.07 Å². The zero-order chi connectivity index (χ0) is 17.3. The number of aromatic nitrogens is 1. The van der Waals surface area contributed by atoms with Gasteiger partial charge in [-0.05, 0) is 31.0 Å². The van der Waals surface area contributed by atoms with Crippen LogP contribution in [0.4, 0.5) is 0 Å². The minimum absolute atomic E-state index is 0.0601. The van der Waals surface area contributed by atoms with Crippen LogP contribution in [0.5, 0.6) is 0 Å². The standard InChI is InChI=1S/C19H22N2O4/c1-14-4-7-23-17(14)18(22)21-12-19(13-21)9-16(5-8-25-19)24-11-15-3-2-6-20-10-15/h2-4,6-7,10,16H,5,8-9,11-13H2,1H3/t16-/m0/s1. The Morgan fingerprint density at radius 1 is 1.44 bits per heavy atom. The lowest BCUT2D eigenvalue weighted by atomic mass is 9.84. The molecule has 0 aromatic carbocycles. The lowest BCUT2D eigenvalue weighted by Gasteiger charge is -2.52. The molecule has 1 atom stereocenters. The highest BCUT2D eigenvalue weighted by atomic mass is 16.5. The van der Waals surface area contributed by atoms with Crippen molar-refractivity contribution in [1.29, 1.82) is 0 Å². The average molecular weight is 342 g/mol. The molecule has 4 heterocycles. The van der Waals surface area contributed by atoms with Gasteiger partial charge in [-0.15, -0.1) is 0 Å². The van der Waals surface area contributed by atoms with Gasteiger partial charge in [-0.3, -0.25) is 9.78 Å². The number of carbonyl (C=O) groups is 1. The van der Waals surface area contributed by atoms with Crippen molar-refractivity contribution in [2.75, 3.05) is 19.7 Å². The fraction of sp³-hybridized carbons (Fsp3) is 0.474. The molecule has 25 heavy (non-hydrogen) atoms. The SMILES string of the molecule is Cc1ccoc1C(=O)N1CC2(C[C@@H](OCc3cccnc3)CCO2)C1. The zero-order valence-corrected chi connectivity index (χ0v) is 14.3. The summed E-state index contributed by atoms with van der Waals surface area (Å²) in [4.78, 5) is 18.4. The molecule has 0 aliphatic carbocycles. The Labute approximate surface area is 146 Å². The lowest BCUT2D eigenvalue weighted by molar-refractivity contribution is -0.188. The molecule has 0 saturated carbocycles. The summed E-state index contributed by atoms with van der Waals surface area (Å²) in [6, 6.07) is 5.73. The topological polar surface area (TPSA) is 64.8 Å². The van der Waals surface area contributed by atoms with Crippen LogP contribution in [0.2, 0.25) is 0 Å². The molecule has 0 unspecified atom stereocenters. The predicted octanol–water partition coefficient (Wildman–Crippen LogP) is 2.57. The summed E-state index contributed by atoms with van der Waals surface area (Å²) in [5.74, 6) is 0.366. The van der Waals surface area contributed by atoms with Crippen LogP contribution in [0.3, 0.4) is 0 Å². The summed E-state index contributed by atoms with van der Waals surface area (Å²) in [5.41, 5.74) is 1.67. The Kier molecular flexibility index (Phi) is 4.31. The van der Waals surface area contributed by atoms with E-state index in [-0.39, 0.29) is 17.6 Å². The summed E-state index contributed by atoms with van der Waals surface area (Å²) in [5, 5.41) is 0. The molecule has 2 saturated heterocycles. The molecule has 6 nitrogen and oxygen atoms in total. The highest BCUT2D eigenvalue weighted by Crippen LogP contribution is 2.36. The number of rotatable bonds is 4. The van der Waals surface area contributed by atoms with Crippen molar-refractivity contribution in [2.45, 2.75) is 38.1 Å². The highest BCUT2D eigenvalue weighted by molar-refractivity contribution is 5.93. The third-order valence-electron chi connectivity index (χ3n) is 4.96. The number of hydrogen-bond acceptors (Lipinski definition) is 5. The molecule has 0 bridgehead atoms. The number of amides is 1. The second-order valence-electron chi connectivity index (χ2n) is 6.91. The van der Waals surface area contributed by atoms with Crippen LogP contribution in [-0.4, -0.2) is 47.2 Å². The molecule has 2 fully saturated rings. The maximum atomic E-state index is 12.5. The van der Waals surface area contributed by atoms with Crippen molar-refractivity contribution < 1.29 is 18.7 Å². The average Bonchev–Trinajstić information content (AvgIpc) is 3.04. The fourth-order valence-electron chi connectivity index (χ4n) is 3.57. The number of hydrogen-bond donors (Lipinski definition) is 0. The number of furan rings is 1. The Bertz CT molecular complexity index is 737. The van der Waals surface area contributed by atoms with Crippen molar-refractivity contribution in [2.24, 2.45) is 0 Å². The fourth-order valence-corrected chi connectivity index (χ4v) is 3.57. The van der Waals surface area contributed by atoms with E-state index in [9.17, 15) is 4.79 Å². The summed E-state index contributed by atoms with van der Waals surface area (Å²) in [6.45, 7) is 4.30. The van der Waals surface area contributed by atoms with E-state index in [0.717, 1.165) is 24.0 Å². The van der Waals surface area contributed by atoms with Crippen LogP contribution in [-0.2, 0) is 16.1 Å². The first kappa shape index (κ1) is 16.3. The quantitative estimate of drug-likeness (QED) is 0.854. The molecule has 1 amide bonds. The van der Waals surface area contributed by atoms with Crippen LogP contribution in [0.15, 0.2) is 41.3 Å². The predicted molar refractivity (Wildman–Crippen MR) is 90.1 cm³/mol. The summed E-state index contributed by atoms with van der Waals surface area (Å²) in [6.07, 6.45) is 6.98. The first-order valence-corrected chi connectivity index (χ1v) is 8.63. The number of nitrogens with zero attached hydrogens (tertiary/aromatic N) is 2. The third kappa shape index (κ3) is 3.32. The number of aryl methyl sites for hydroxylation is 1. The van der Waals surface area contributed by atoms with E-state index in [1.807, 2.05) is 31.3 Å². The van der Waals surface area contributed by atoms with E-state index < -0.39 is 0 Å². The van der Waals surface area contributed by atoms with Gasteiger partial charge in [0.2, 0.25) is 0 Å². The van der Waals surface area contributed by atoms with Gasteiger partial charge >= 0.3 is 0 Å². The van der Waals surface area contributed by atoms with Crippen molar-refractivity contribution in [3.8, 4) is 0 Å². The Balaban J connectivity index is 1.32. The number of likely N-dealkylation sites (tertiary alicyclic amines) is 1. The van der Waals surface area contributed by atoms with E-state index in [1.165, 1.54) is 0 Å². The van der Waals surface area contributed by atoms with Crippen molar-refractivity contribution in [3.05, 3.63) is 53.7 Å². The highest BCUT2D eigenvalue weighted by Gasteiger charge is 2.50. The van der Waals surface area contributed by atoms with Gasteiger partial charge in [0.15, 0.2) is 5.76 Å². The van der Waals surface area contributed by atoms with Gasteiger partial charge in [-0.25, -0.2) is 0 Å². The van der Waals surface area contributed by atoms with E-state index >= 15 is 0 Å². The van der Waals surface area contributed by atoms with Crippen LogP contribution in [0.1, 0.15) is 34.5 Å². The largest absolute Gasteiger partial charge is 0.459 e. The molecular weight excluding hydrogens is 320 g/mol. The van der Waals surface area contributed by atoms with Crippen molar-refractivity contribution in [1.82, 2.24) is 9.88 Å². The number of ether oxygens (including phenoxy) is 2. The molecule has 4 rings (SSSR count). The monoisotopic (exact) mass is 342 g/mol. The first-order valence-electron chi connectivity index (χ1n) is 8.63. The zero-order valence-electron chi connectivity index (χ0n) is 14.3. The van der Waals surface area contributed by atoms with E-state index in [0.29, 0.717) is 32.1 Å². The van der Waals surface area contributed by atoms with Crippen LogP contribution < -0.4 is 0 Å². The van der Waals surface area contributed by atoms with Gasteiger partial charge in [0.25, 0.3) is 5.91 Å². The van der Waals surface area contributed by atoms with Crippen molar-refractivity contribution in [3.63, 3.8) is 0 Å². The normalized spacial score (nSPS) is 22.0. The third-order valence-corrected chi connectivity index (χ3v) is 4.96. The molecule has 0 radical (unpaired) electrons. The maximum Gasteiger partial charge on any atom is 0.290 e. The maximum absolute atomic E-state index is 12.5. The molecule has 2 aliphatic heterocycles. The van der Waals surface area contributed by atoms with Crippen LogP contribution >= 0.6 is 0 Å². The minimum atomic E-state index is -0.270. The molecule has 6 heteroatoms. The second-order valence-corrected chi connectivity index (χ2v) is 6.91. The summed E-state index contributed by atoms with van der Waals surface area (Å²) < 4.78 is 17.3. The molecule has 2 aliphatic rings. The Morgan fingerprint density at radius 3 is 3.04 bits per heavy atom. The summed E-state index contributed by atoms with van der Waals surface area (Å²) in [7, 11) is 0. The first-order chi connectivity index (χ1) is 12.2. The van der Waals surface area contributed by atoms with Gasteiger partial charge in [0.05, 0.1) is 32.1 Å². The van der Waals surface area contributed by atoms with E-state index in [1.54, 1.807) is 17.4 Å². The number of pyridine rings is 1. The smallest absolute Gasteiger partial charge is 0.290 e. The Hall–Kier alpha value is -2.18. The van der Waals surface area contributed by atoms with Gasteiger partial charge in [0.1, 0.15) is 5.60 Å². The van der Waals surface area contributed by atoms with Crippen LogP contribution in [0.25, 0.3) is 0 Å². The minimum Gasteiger partial charge on any atom is -0.459 e. The van der Waals surface area contributed by atoms with Gasteiger partial charge in [0, 0.05) is 31.0 Å². The second kappa shape index (κ2) is 6.61. The number of carbonyl (C=O) groups excluding carboxylic acids is 1. The molecule has 1 spiro atoms. The van der Waals surface area contributed by atoms with Crippen LogP contribution in [0, 0.1) is 6.92 Å². The molecule has 2 aromatic heterocycles. The summed E-state index contributed by atoms with van der Waals surface area (Å²) >= 11 is 0.